The number of likely N-dealkylation sites (N-methyl/N-ethyl adjacent to an activating group) is 1. The maximum Gasteiger partial charge on any atom is 0.253 e. The van der Waals surface area contributed by atoms with Gasteiger partial charge in [-0.1, -0.05) is 0 Å². The van der Waals surface area contributed by atoms with Crippen LogP contribution in [0.1, 0.15) is 23.2 Å². The minimum absolute atomic E-state index is 0.0368. The number of likely N-dealkylation sites (tertiary alicyclic amines) is 1. The number of amides is 1. The van der Waals surface area contributed by atoms with Crippen molar-refractivity contribution in [2.24, 2.45) is 0 Å². The number of rotatable bonds is 2. The average Bonchev–Trinajstić information content (AvgIpc) is 2.29. The van der Waals surface area contributed by atoms with Gasteiger partial charge in [0.15, 0.2) is 0 Å². The van der Waals surface area contributed by atoms with Crippen LogP contribution in [0.5, 0.6) is 0 Å². The first-order valence-electron chi connectivity index (χ1n) is 5.76. The molecule has 5 heteroatoms. The van der Waals surface area contributed by atoms with E-state index in [1.54, 1.807) is 18.3 Å². The van der Waals surface area contributed by atoms with Crippen LogP contribution in [0.4, 0.5) is 0 Å². The molecule has 1 fully saturated rings. The Morgan fingerprint density at radius 2 is 2.41 bits per heavy atom. The lowest BCUT2D eigenvalue weighted by molar-refractivity contribution is 0.0912. The third kappa shape index (κ3) is 3.51. The Balaban J connectivity index is 1.94. The van der Waals surface area contributed by atoms with Crippen LogP contribution < -0.4 is 5.32 Å². The third-order valence-electron chi connectivity index (χ3n) is 2.95. The fourth-order valence-electron chi connectivity index (χ4n) is 2.06. The van der Waals surface area contributed by atoms with E-state index in [9.17, 15) is 4.79 Å². The average molecular weight is 298 g/mol. The number of carbonyl (C=O) groups excluding carboxylic acids is 1. The largest absolute Gasteiger partial charge is 0.348 e. The monoisotopic (exact) mass is 297 g/mol. The Hall–Kier alpha value is -0.940. The van der Waals surface area contributed by atoms with Gasteiger partial charge in [-0.05, 0) is 54.5 Å². The maximum atomic E-state index is 11.9. The Labute approximate surface area is 110 Å². The first kappa shape index (κ1) is 12.5. The van der Waals surface area contributed by atoms with E-state index in [1.165, 1.54) is 0 Å². The summed E-state index contributed by atoms with van der Waals surface area (Å²) >= 11 is 3.25. The summed E-state index contributed by atoms with van der Waals surface area (Å²) in [5.41, 5.74) is 0.612. The number of pyridine rings is 1. The number of piperidine rings is 1. The number of carbonyl (C=O) groups is 1. The molecule has 1 unspecified atom stereocenters. The standard InChI is InChI=1S/C12H16BrN3O/c1-16-6-2-3-10(8-16)15-12(17)9-4-5-11(13)14-7-9/h4-5,7,10H,2-3,6,8H2,1H3,(H,15,17). The van der Waals surface area contributed by atoms with Crippen LogP contribution in [0.25, 0.3) is 0 Å². The van der Waals surface area contributed by atoms with Crippen LogP contribution in [-0.2, 0) is 0 Å². The van der Waals surface area contributed by atoms with Gasteiger partial charge < -0.3 is 10.2 Å². The van der Waals surface area contributed by atoms with Crippen molar-refractivity contribution in [2.75, 3.05) is 20.1 Å². The van der Waals surface area contributed by atoms with Crippen LogP contribution in [-0.4, -0.2) is 42.0 Å². The molecule has 2 rings (SSSR count). The van der Waals surface area contributed by atoms with E-state index < -0.39 is 0 Å². The van der Waals surface area contributed by atoms with Crippen molar-refractivity contribution in [1.82, 2.24) is 15.2 Å². The first-order valence-corrected chi connectivity index (χ1v) is 6.55. The van der Waals surface area contributed by atoms with Crippen molar-refractivity contribution in [3.8, 4) is 0 Å². The van der Waals surface area contributed by atoms with Gasteiger partial charge in [0.25, 0.3) is 5.91 Å². The number of halogens is 1. The van der Waals surface area contributed by atoms with Gasteiger partial charge in [0.1, 0.15) is 4.60 Å². The molecule has 1 aromatic rings. The molecule has 1 aliphatic heterocycles. The van der Waals surface area contributed by atoms with Crippen molar-refractivity contribution in [3.63, 3.8) is 0 Å². The van der Waals surface area contributed by atoms with E-state index in [0.29, 0.717) is 5.56 Å². The van der Waals surface area contributed by atoms with Crippen LogP contribution in [0, 0.1) is 0 Å². The molecule has 1 amide bonds. The van der Waals surface area contributed by atoms with Gasteiger partial charge in [0, 0.05) is 18.8 Å². The Morgan fingerprint density at radius 3 is 3.06 bits per heavy atom. The highest BCUT2D eigenvalue weighted by atomic mass is 79.9. The molecule has 1 aliphatic rings. The quantitative estimate of drug-likeness (QED) is 0.845. The second kappa shape index (κ2) is 5.60. The first-order chi connectivity index (χ1) is 8.15. The Bertz CT molecular complexity index is 393. The van der Waals surface area contributed by atoms with Gasteiger partial charge in [0.05, 0.1) is 5.56 Å². The highest BCUT2D eigenvalue weighted by Gasteiger charge is 2.19. The summed E-state index contributed by atoms with van der Waals surface area (Å²) in [7, 11) is 2.08. The molecule has 17 heavy (non-hydrogen) atoms. The van der Waals surface area contributed by atoms with E-state index in [-0.39, 0.29) is 11.9 Å². The lowest BCUT2D eigenvalue weighted by Gasteiger charge is -2.30. The summed E-state index contributed by atoms with van der Waals surface area (Å²) in [5, 5.41) is 3.05. The highest BCUT2D eigenvalue weighted by molar-refractivity contribution is 9.10. The molecule has 1 saturated heterocycles. The topological polar surface area (TPSA) is 45.2 Å². The number of hydrogen-bond donors (Lipinski definition) is 1. The normalized spacial score (nSPS) is 21.2. The number of aromatic nitrogens is 1. The molecule has 1 atom stereocenters. The molecule has 1 N–H and O–H groups in total. The fraction of sp³-hybridized carbons (Fsp3) is 0.500. The molecule has 0 aromatic carbocycles. The molecule has 0 bridgehead atoms. The van der Waals surface area contributed by atoms with Crippen LogP contribution >= 0.6 is 15.9 Å². The predicted octanol–water partition coefficient (Wildman–Crippen LogP) is 1.67. The molecule has 4 nitrogen and oxygen atoms in total. The van der Waals surface area contributed by atoms with Crippen LogP contribution in [0.3, 0.4) is 0 Å². The lowest BCUT2D eigenvalue weighted by Crippen LogP contribution is -2.46. The zero-order chi connectivity index (χ0) is 12.3. The molecular weight excluding hydrogens is 282 g/mol. The molecule has 2 heterocycles. The van der Waals surface area contributed by atoms with Crippen molar-refractivity contribution in [3.05, 3.63) is 28.5 Å². The van der Waals surface area contributed by atoms with Gasteiger partial charge in [0.2, 0.25) is 0 Å². The van der Waals surface area contributed by atoms with Crippen molar-refractivity contribution < 1.29 is 4.79 Å². The summed E-state index contributed by atoms with van der Waals surface area (Å²) in [6.45, 7) is 2.04. The van der Waals surface area contributed by atoms with Gasteiger partial charge in [-0.3, -0.25) is 4.79 Å². The molecule has 0 saturated carbocycles. The smallest absolute Gasteiger partial charge is 0.253 e. The van der Waals surface area contributed by atoms with Crippen LogP contribution in [0.2, 0.25) is 0 Å². The minimum atomic E-state index is -0.0368. The molecule has 1 aromatic heterocycles. The van der Waals surface area contributed by atoms with Crippen molar-refractivity contribution in [2.45, 2.75) is 18.9 Å². The van der Waals surface area contributed by atoms with E-state index >= 15 is 0 Å². The van der Waals surface area contributed by atoms with Gasteiger partial charge in [-0.15, -0.1) is 0 Å². The summed E-state index contributed by atoms with van der Waals surface area (Å²) in [6, 6.07) is 3.81. The van der Waals surface area contributed by atoms with Crippen molar-refractivity contribution in [1.29, 1.82) is 0 Å². The zero-order valence-electron chi connectivity index (χ0n) is 9.82. The SMILES string of the molecule is CN1CCCC(NC(=O)c2ccc(Br)nc2)C1. The maximum absolute atomic E-state index is 11.9. The molecule has 92 valence electrons. The number of nitrogens with one attached hydrogen (secondary N) is 1. The third-order valence-corrected chi connectivity index (χ3v) is 3.42. The summed E-state index contributed by atoms with van der Waals surface area (Å²) in [4.78, 5) is 18.2. The molecular formula is C12H16BrN3O. The molecule has 0 spiro atoms. The molecule has 0 aliphatic carbocycles. The van der Waals surface area contributed by atoms with E-state index in [0.717, 1.165) is 30.5 Å². The van der Waals surface area contributed by atoms with Gasteiger partial charge in [-0.25, -0.2) is 4.98 Å². The predicted molar refractivity (Wildman–Crippen MR) is 69.9 cm³/mol. The fourth-order valence-corrected chi connectivity index (χ4v) is 2.30. The van der Waals surface area contributed by atoms with E-state index in [4.69, 9.17) is 0 Å². The number of hydrogen-bond acceptors (Lipinski definition) is 3. The summed E-state index contributed by atoms with van der Waals surface area (Å²) < 4.78 is 0.742. The number of nitrogens with zero attached hydrogens (tertiary/aromatic N) is 2. The Kier molecular flexibility index (Phi) is 4.12. The highest BCUT2D eigenvalue weighted by Crippen LogP contribution is 2.10. The van der Waals surface area contributed by atoms with E-state index in [2.05, 4.69) is 38.2 Å². The summed E-state index contributed by atoms with van der Waals surface area (Å²) in [5.74, 6) is -0.0368. The second-order valence-corrected chi connectivity index (χ2v) is 5.26. The van der Waals surface area contributed by atoms with Crippen molar-refractivity contribution >= 4 is 21.8 Å². The lowest BCUT2D eigenvalue weighted by atomic mass is 10.1. The Morgan fingerprint density at radius 1 is 1.59 bits per heavy atom. The van der Waals surface area contributed by atoms with Crippen LogP contribution in [0.15, 0.2) is 22.9 Å². The zero-order valence-corrected chi connectivity index (χ0v) is 11.4. The van der Waals surface area contributed by atoms with Gasteiger partial charge in [-0.2, -0.15) is 0 Å². The summed E-state index contributed by atoms with van der Waals surface area (Å²) in [6.07, 6.45) is 3.78. The van der Waals surface area contributed by atoms with Gasteiger partial charge >= 0.3 is 0 Å². The molecule has 0 radical (unpaired) electrons. The minimum Gasteiger partial charge on any atom is -0.348 e. The second-order valence-electron chi connectivity index (χ2n) is 4.44. The van der Waals surface area contributed by atoms with E-state index in [1.807, 2.05) is 0 Å².